The van der Waals surface area contributed by atoms with Crippen molar-refractivity contribution in [3.63, 3.8) is 0 Å². The first kappa shape index (κ1) is 27.9. The Morgan fingerprint density at radius 3 is 2.00 bits per heavy atom. The molecule has 1 aromatic carbocycles. The molecule has 5 rings (SSSR count). The highest BCUT2D eigenvalue weighted by atomic mass is 79.9. The van der Waals surface area contributed by atoms with Crippen LogP contribution in [0.5, 0.6) is 0 Å². The molecule has 6 unspecified atom stereocenters. The van der Waals surface area contributed by atoms with Gasteiger partial charge in [0.25, 0.3) is 0 Å². The molecular weight excluding hydrogens is 592 g/mol. The standard InChI is InChI=1S/C36H42Br2/c1-27(2)31(3)22-35(29-16-12-19-33(5,37)20-17-29)24-32(4,28-13-8-7-9-14-28)25-36(23-31,26-35)30-15-10-11-18-34(6,38)21-30/h7-21H,1,22-26H2,2-6H3. The lowest BCUT2D eigenvalue weighted by Gasteiger charge is -2.64. The summed E-state index contributed by atoms with van der Waals surface area (Å²) in [7, 11) is 0. The molecule has 0 nitrogen and oxygen atoms in total. The maximum Gasteiger partial charge on any atom is 0.0597 e. The fourth-order valence-electron chi connectivity index (χ4n) is 8.28. The van der Waals surface area contributed by atoms with Gasteiger partial charge in [-0.05, 0) is 91.2 Å². The van der Waals surface area contributed by atoms with Gasteiger partial charge in [-0.15, -0.1) is 0 Å². The highest BCUT2D eigenvalue weighted by Gasteiger charge is 2.62. The highest BCUT2D eigenvalue weighted by Crippen LogP contribution is 2.71. The maximum absolute atomic E-state index is 4.60. The summed E-state index contributed by atoms with van der Waals surface area (Å²) in [5.74, 6) is 0. The van der Waals surface area contributed by atoms with Gasteiger partial charge >= 0.3 is 0 Å². The first-order valence-electron chi connectivity index (χ1n) is 14.0. The van der Waals surface area contributed by atoms with Crippen molar-refractivity contribution in [3.05, 3.63) is 120 Å². The van der Waals surface area contributed by atoms with E-state index in [9.17, 15) is 0 Å². The van der Waals surface area contributed by atoms with Crippen LogP contribution in [0.1, 0.15) is 72.3 Å². The van der Waals surface area contributed by atoms with Gasteiger partial charge in [-0.1, -0.05) is 149 Å². The van der Waals surface area contributed by atoms with Crippen molar-refractivity contribution in [1.82, 2.24) is 0 Å². The molecule has 0 aliphatic heterocycles. The predicted octanol–water partition coefficient (Wildman–Crippen LogP) is 10.9. The molecule has 2 bridgehead atoms. The van der Waals surface area contributed by atoms with Crippen LogP contribution < -0.4 is 0 Å². The Kier molecular flexibility index (Phi) is 6.96. The van der Waals surface area contributed by atoms with Crippen molar-refractivity contribution < 1.29 is 0 Å². The fourth-order valence-corrected chi connectivity index (χ4v) is 8.97. The van der Waals surface area contributed by atoms with E-state index < -0.39 is 0 Å². The molecule has 0 heterocycles. The van der Waals surface area contributed by atoms with Gasteiger partial charge < -0.3 is 0 Å². The van der Waals surface area contributed by atoms with Crippen molar-refractivity contribution in [1.29, 1.82) is 0 Å². The summed E-state index contributed by atoms with van der Waals surface area (Å²) in [6.07, 6.45) is 29.0. The summed E-state index contributed by atoms with van der Waals surface area (Å²) in [6.45, 7) is 16.4. The number of hydrogen-bond acceptors (Lipinski definition) is 0. The molecule has 2 saturated carbocycles. The van der Waals surface area contributed by atoms with Crippen LogP contribution in [-0.2, 0) is 5.41 Å². The molecule has 200 valence electrons. The molecule has 2 fully saturated rings. The van der Waals surface area contributed by atoms with Gasteiger partial charge in [-0.3, -0.25) is 0 Å². The molecule has 0 radical (unpaired) electrons. The van der Waals surface area contributed by atoms with Gasteiger partial charge in [0.05, 0.1) is 8.65 Å². The van der Waals surface area contributed by atoms with Gasteiger partial charge in [0.1, 0.15) is 0 Å². The molecule has 0 aromatic heterocycles. The van der Waals surface area contributed by atoms with E-state index >= 15 is 0 Å². The van der Waals surface area contributed by atoms with Crippen LogP contribution in [-0.4, -0.2) is 8.65 Å². The van der Waals surface area contributed by atoms with Crippen LogP contribution in [0.4, 0.5) is 0 Å². The minimum Gasteiger partial charge on any atom is -0.0996 e. The zero-order valence-corrected chi connectivity index (χ0v) is 26.8. The molecule has 2 heteroatoms. The molecule has 6 atom stereocenters. The number of fused-ring (bicyclic) bond motifs is 2. The Bertz CT molecular complexity index is 1300. The molecular formula is C36H42Br2. The predicted molar refractivity (Wildman–Crippen MR) is 172 cm³/mol. The number of allylic oxidation sites excluding steroid dienone is 13. The summed E-state index contributed by atoms with van der Waals surface area (Å²) in [5, 5.41) is 0. The largest absolute Gasteiger partial charge is 0.0996 e. The number of hydrogen-bond donors (Lipinski definition) is 0. The Balaban J connectivity index is 1.77. The second-order valence-corrected chi connectivity index (χ2v) is 17.1. The van der Waals surface area contributed by atoms with Crippen LogP contribution in [0.3, 0.4) is 0 Å². The average molecular weight is 635 g/mol. The Morgan fingerprint density at radius 1 is 0.711 bits per heavy atom. The van der Waals surface area contributed by atoms with E-state index in [1.165, 1.54) is 22.3 Å². The highest BCUT2D eigenvalue weighted by molar-refractivity contribution is 9.10. The lowest BCUT2D eigenvalue weighted by Crippen LogP contribution is -2.55. The molecule has 38 heavy (non-hydrogen) atoms. The summed E-state index contributed by atoms with van der Waals surface area (Å²) >= 11 is 7.93. The van der Waals surface area contributed by atoms with E-state index in [0.717, 1.165) is 32.1 Å². The van der Waals surface area contributed by atoms with Crippen molar-refractivity contribution in [3.8, 4) is 0 Å². The zero-order valence-electron chi connectivity index (χ0n) is 23.7. The van der Waals surface area contributed by atoms with Crippen molar-refractivity contribution in [2.24, 2.45) is 16.2 Å². The van der Waals surface area contributed by atoms with Crippen LogP contribution >= 0.6 is 31.9 Å². The van der Waals surface area contributed by atoms with Crippen LogP contribution in [0, 0.1) is 16.2 Å². The third-order valence-corrected chi connectivity index (χ3v) is 10.9. The minimum atomic E-state index is -0.164. The smallest absolute Gasteiger partial charge is 0.0597 e. The van der Waals surface area contributed by atoms with E-state index in [1.807, 2.05) is 0 Å². The maximum atomic E-state index is 4.60. The van der Waals surface area contributed by atoms with Gasteiger partial charge in [-0.2, -0.15) is 0 Å². The van der Waals surface area contributed by atoms with Crippen LogP contribution in [0.25, 0.3) is 0 Å². The summed E-state index contributed by atoms with van der Waals surface area (Å²) < 4.78 is -0.290. The molecule has 0 amide bonds. The van der Waals surface area contributed by atoms with E-state index in [1.54, 1.807) is 0 Å². The Labute approximate surface area is 247 Å². The molecule has 0 saturated heterocycles. The minimum absolute atomic E-state index is 0.0226. The molecule has 1 aromatic rings. The van der Waals surface area contributed by atoms with Gasteiger partial charge in [-0.25, -0.2) is 0 Å². The lowest BCUT2D eigenvalue weighted by molar-refractivity contribution is -0.0449. The van der Waals surface area contributed by atoms with Crippen molar-refractivity contribution >= 4 is 31.9 Å². The first-order valence-corrected chi connectivity index (χ1v) is 15.6. The Morgan fingerprint density at radius 2 is 1.34 bits per heavy atom. The molecule has 4 aliphatic carbocycles. The number of rotatable bonds is 4. The first-order chi connectivity index (χ1) is 17.7. The Hall–Kier alpha value is -1.64. The number of alkyl halides is 2. The SMILES string of the molecule is C=C(C)C1(C)CC2(C3=CC=CC(C)(Br)C=C3)CC(C3=CC(C)(Br)C=CC=C3)(C1)CC(C)(c1ccccc1)C2. The van der Waals surface area contributed by atoms with Gasteiger partial charge in [0, 0.05) is 0 Å². The summed E-state index contributed by atoms with van der Waals surface area (Å²) in [4.78, 5) is 0. The monoisotopic (exact) mass is 632 g/mol. The van der Waals surface area contributed by atoms with E-state index in [-0.39, 0.29) is 30.3 Å². The number of halogens is 2. The topological polar surface area (TPSA) is 0 Å². The molecule has 0 spiro atoms. The zero-order chi connectivity index (χ0) is 27.5. The summed E-state index contributed by atoms with van der Waals surface area (Å²) in [5.41, 5.74) is 5.86. The van der Waals surface area contributed by atoms with E-state index in [2.05, 4.69) is 164 Å². The van der Waals surface area contributed by atoms with E-state index in [0.29, 0.717) is 0 Å². The molecule has 4 aliphatic rings. The second kappa shape index (κ2) is 9.48. The lowest BCUT2D eigenvalue weighted by atomic mass is 9.39. The van der Waals surface area contributed by atoms with Crippen molar-refractivity contribution in [2.45, 2.75) is 80.8 Å². The average Bonchev–Trinajstić information content (AvgIpc) is 3.13. The quantitative estimate of drug-likeness (QED) is 0.228. The third-order valence-electron chi connectivity index (χ3n) is 9.85. The normalized spacial score (nSPS) is 42.2. The third kappa shape index (κ3) is 5.13. The van der Waals surface area contributed by atoms with Gasteiger partial charge in [0.15, 0.2) is 0 Å². The summed E-state index contributed by atoms with van der Waals surface area (Å²) in [6, 6.07) is 11.3. The fraction of sp³-hybridized carbons (Fsp3) is 0.444. The number of benzene rings is 1. The van der Waals surface area contributed by atoms with Gasteiger partial charge in [0.2, 0.25) is 0 Å². The molecule has 0 N–H and O–H groups in total. The second-order valence-electron chi connectivity index (χ2n) is 13.6. The van der Waals surface area contributed by atoms with Crippen LogP contribution in [0.2, 0.25) is 0 Å². The van der Waals surface area contributed by atoms with Crippen LogP contribution in [0.15, 0.2) is 114 Å². The van der Waals surface area contributed by atoms with E-state index in [4.69, 9.17) is 0 Å². The van der Waals surface area contributed by atoms with Crippen molar-refractivity contribution in [2.75, 3.05) is 0 Å².